The molecule has 0 bridgehead atoms. The van der Waals surface area contributed by atoms with E-state index < -0.39 is 0 Å². The number of nitrogens with zero attached hydrogens (tertiary/aromatic N) is 1. The topological polar surface area (TPSA) is 15.3 Å². The normalized spacial score (nSPS) is 18.1. The van der Waals surface area contributed by atoms with E-state index in [1.165, 1.54) is 12.8 Å². The largest absolute Gasteiger partial charge is 0.312 e. The third kappa shape index (κ3) is 3.77. The second-order valence-corrected chi connectivity index (χ2v) is 6.78. The van der Waals surface area contributed by atoms with Gasteiger partial charge < -0.3 is 5.32 Å². The van der Waals surface area contributed by atoms with Crippen molar-refractivity contribution in [2.45, 2.75) is 51.6 Å². The molecule has 0 amide bonds. The van der Waals surface area contributed by atoms with Crippen molar-refractivity contribution in [3.8, 4) is 0 Å². The highest BCUT2D eigenvalue weighted by atomic mass is 35.5. The highest BCUT2D eigenvalue weighted by molar-refractivity contribution is 6.30. The number of nitrogens with one attached hydrogen (secondary N) is 1. The molecule has 1 aromatic rings. The van der Waals surface area contributed by atoms with Gasteiger partial charge in [0.05, 0.1) is 5.02 Å². The Morgan fingerprint density at radius 1 is 1.33 bits per heavy atom. The lowest BCUT2D eigenvalue weighted by atomic mass is 9.87. The lowest BCUT2D eigenvalue weighted by molar-refractivity contribution is 0.107. The van der Waals surface area contributed by atoms with E-state index in [4.69, 9.17) is 11.6 Å². The van der Waals surface area contributed by atoms with Crippen LogP contribution in [0.4, 0.5) is 4.39 Å². The summed E-state index contributed by atoms with van der Waals surface area (Å²) < 4.78 is 14.2. The van der Waals surface area contributed by atoms with E-state index in [0.29, 0.717) is 12.0 Å². The highest BCUT2D eigenvalue weighted by Gasteiger charge is 2.36. The molecule has 2 nitrogen and oxygen atoms in total. The molecule has 1 saturated heterocycles. The SMILES string of the molecule is CCNC(Cc1cccc(Cl)c1F)C(C)(C)N1CCCC1. The van der Waals surface area contributed by atoms with Gasteiger partial charge in [-0.25, -0.2) is 4.39 Å². The molecule has 0 aliphatic carbocycles. The lowest BCUT2D eigenvalue weighted by Crippen LogP contribution is -2.57. The number of benzene rings is 1. The Morgan fingerprint density at radius 2 is 2.00 bits per heavy atom. The molecule has 1 heterocycles. The first-order valence-corrected chi connectivity index (χ1v) is 8.26. The maximum Gasteiger partial charge on any atom is 0.145 e. The Morgan fingerprint density at radius 3 is 2.62 bits per heavy atom. The first-order chi connectivity index (χ1) is 9.96. The molecule has 1 aromatic carbocycles. The number of rotatable bonds is 6. The Bertz CT molecular complexity index is 470. The zero-order valence-corrected chi connectivity index (χ0v) is 14.0. The van der Waals surface area contributed by atoms with Gasteiger partial charge in [0.2, 0.25) is 0 Å². The number of halogens is 2. The Hall–Kier alpha value is -0.640. The molecule has 0 spiro atoms. The van der Waals surface area contributed by atoms with E-state index in [9.17, 15) is 4.39 Å². The maximum atomic E-state index is 14.2. The van der Waals surface area contributed by atoms with Crippen LogP contribution >= 0.6 is 11.6 Å². The van der Waals surface area contributed by atoms with Gasteiger partial charge in [-0.05, 0) is 64.4 Å². The Labute approximate surface area is 132 Å². The van der Waals surface area contributed by atoms with E-state index in [0.717, 1.165) is 19.6 Å². The number of hydrogen-bond acceptors (Lipinski definition) is 2. The fourth-order valence-corrected chi connectivity index (χ4v) is 3.45. The maximum absolute atomic E-state index is 14.2. The summed E-state index contributed by atoms with van der Waals surface area (Å²) >= 11 is 5.91. The monoisotopic (exact) mass is 312 g/mol. The van der Waals surface area contributed by atoms with Crippen LogP contribution in [0.25, 0.3) is 0 Å². The minimum atomic E-state index is -0.278. The second-order valence-electron chi connectivity index (χ2n) is 6.38. The van der Waals surface area contributed by atoms with E-state index in [-0.39, 0.29) is 22.4 Å². The standard InChI is InChI=1S/C17H26ClFN2/c1-4-20-15(17(2,3)21-10-5-6-11-21)12-13-8-7-9-14(18)16(13)19/h7-9,15,20H,4-6,10-12H2,1-3H3. The molecule has 4 heteroatoms. The van der Waals surface area contributed by atoms with Gasteiger partial charge in [-0.1, -0.05) is 30.7 Å². The molecule has 1 aliphatic rings. The fourth-order valence-electron chi connectivity index (χ4n) is 3.26. The zero-order valence-electron chi connectivity index (χ0n) is 13.3. The van der Waals surface area contributed by atoms with Crippen LogP contribution in [0, 0.1) is 5.82 Å². The molecule has 0 radical (unpaired) electrons. The molecule has 0 saturated carbocycles. The summed E-state index contributed by atoms with van der Waals surface area (Å²) in [6.07, 6.45) is 3.17. The molecule has 0 aromatic heterocycles. The quantitative estimate of drug-likeness (QED) is 0.857. The van der Waals surface area contributed by atoms with Crippen LogP contribution in [-0.4, -0.2) is 36.1 Å². The molecule has 1 aliphatic heterocycles. The van der Waals surface area contributed by atoms with Crippen molar-refractivity contribution in [2.75, 3.05) is 19.6 Å². The first kappa shape index (κ1) is 16.7. The molecular formula is C17H26ClFN2. The van der Waals surface area contributed by atoms with Gasteiger partial charge in [0, 0.05) is 11.6 Å². The fraction of sp³-hybridized carbons (Fsp3) is 0.647. The average Bonchev–Trinajstić information content (AvgIpc) is 2.98. The Balaban J connectivity index is 2.20. The minimum absolute atomic E-state index is 0.00126. The van der Waals surface area contributed by atoms with Gasteiger partial charge in [0.1, 0.15) is 5.82 Å². The minimum Gasteiger partial charge on any atom is -0.312 e. The van der Waals surface area contributed by atoms with Crippen LogP contribution in [0.15, 0.2) is 18.2 Å². The summed E-state index contributed by atoms with van der Waals surface area (Å²) in [5, 5.41) is 3.75. The van der Waals surface area contributed by atoms with Crippen molar-refractivity contribution < 1.29 is 4.39 Å². The molecule has 1 unspecified atom stereocenters. The van der Waals surface area contributed by atoms with Crippen molar-refractivity contribution in [3.05, 3.63) is 34.6 Å². The number of hydrogen-bond donors (Lipinski definition) is 1. The van der Waals surface area contributed by atoms with E-state index >= 15 is 0 Å². The zero-order chi connectivity index (χ0) is 15.5. The molecule has 1 atom stereocenters. The van der Waals surface area contributed by atoms with Crippen LogP contribution in [0.2, 0.25) is 5.02 Å². The van der Waals surface area contributed by atoms with Crippen molar-refractivity contribution >= 4 is 11.6 Å². The van der Waals surface area contributed by atoms with Gasteiger partial charge in [-0.3, -0.25) is 4.90 Å². The predicted octanol–water partition coefficient (Wildman–Crippen LogP) is 3.87. The lowest BCUT2D eigenvalue weighted by Gasteiger charge is -2.42. The van der Waals surface area contributed by atoms with Crippen LogP contribution in [-0.2, 0) is 6.42 Å². The third-order valence-corrected chi connectivity index (χ3v) is 4.97. The van der Waals surface area contributed by atoms with Crippen LogP contribution in [0.5, 0.6) is 0 Å². The van der Waals surface area contributed by atoms with Crippen molar-refractivity contribution in [1.29, 1.82) is 0 Å². The van der Waals surface area contributed by atoms with Gasteiger partial charge in [-0.2, -0.15) is 0 Å². The predicted molar refractivity (Wildman–Crippen MR) is 87.5 cm³/mol. The highest BCUT2D eigenvalue weighted by Crippen LogP contribution is 2.28. The van der Waals surface area contributed by atoms with Gasteiger partial charge >= 0.3 is 0 Å². The van der Waals surface area contributed by atoms with E-state index in [1.54, 1.807) is 6.07 Å². The van der Waals surface area contributed by atoms with E-state index in [2.05, 4.69) is 31.0 Å². The number of likely N-dealkylation sites (tertiary alicyclic amines) is 1. The summed E-state index contributed by atoms with van der Waals surface area (Å²) in [6, 6.07) is 5.47. The molecular weight excluding hydrogens is 287 g/mol. The van der Waals surface area contributed by atoms with Gasteiger partial charge in [0.25, 0.3) is 0 Å². The molecule has 118 valence electrons. The van der Waals surface area contributed by atoms with Gasteiger partial charge in [-0.15, -0.1) is 0 Å². The van der Waals surface area contributed by atoms with Gasteiger partial charge in [0.15, 0.2) is 0 Å². The first-order valence-electron chi connectivity index (χ1n) is 7.88. The summed E-state index contributed by atoms with van der Waals surface area (Å²) in [6.45, 7) is 9.76. The molecule has 21 heavy (non-hydrogen) atoms. The molecule has 1 fully saturated rings. The van der Waals surface area contributed by atoms with Crippen molar-refractivity contribution in [1.82, 2.24) is 10.2 Å². The summed E-state index contributed by atoms with van der Waals surface area (Å²) in [7, 11) is 0. The summed E-state index contributed by atoms with van der Waals surface area (Å²) in [5.74, 6) is -0.278. The van der Waals surface area contributed by atoms with Crippen LogP contribution in [0.1, 0.15) is 39.2 Å². The molecule has 2 rings (SSSR count). The molecule has 1 N–H and O–H groups in total. The van der Waals surface area contributed by atoms with Crippen molar-refractivity contribution in [3.63, 3.8) is 0 Å². The van der Waals surface area contributed by atoms with Crippen molar-refractivity contribution in [2.24, 2.45) is 0 Å². The van der Waals surface area contributed by atoms with E-state index in [1.807, 2.05) is 12.1 Å². The second kappa shape index (κ2) is 7.08. The van der Waals surface area contributed by atoms with Crippen LogP contribution < -0.4 is 5.32 Å². The van der Waals surface area contributed by atoms with Crippen LogP contribution in [0.3, 0.4) is 0 Å². The summed E-state index contributed by atoms with van der Waals surface area (Å²) in [4.78, 5) is 2.52. The third-order valence-electron chi connectivity index (χ3n) is 4.68. The Kier molecular flexibility index (Phi) is 5.64. The number of likely N-dealkylation sites (N-methyl/N-ethyl adjacent to an activating group) is 1. The average molecular weight is 313 g/mol. The smallest absolute Gasteiger partial charge is 0.145 e. The summed E-state index contributed by atoms with van der Waals surface area (Å²) in [5.41, 5.74) is 0.696.